The maximum absolute atomic E-state index is 3.54. The largest absolute Gasteiger partial charge is 0.0952 e. The van der Waals surface area contributed by atoms with Gasteiger partial charge in [-0.2, -0.15) is 0 Å². The Balaban J connectivity index is 2.82. The second kappa shape index (κ2) is 4.03. The van der Waals surface area contributed by atoms with Gasteiger partial charge in [0.05, 0.1) is 3.74 Å². The van der Waals surface area contributed by atoms with Gasteiger partial charge in [0.1, 0.15) is 0 Å². The van der Waals surface area contributed by atoms with Crippen LogP contribution in [0.3, 0.4) is 0 Å². The minimum Gasteiger partial charge on any atom is -0.0712 e. The zero-order chi connectivity index (χ0) is 10.1. The Bertz CT molecular complexity index is 461. The molecule has 0 fully saturated rings. The number of benzene rings is 2. The number of fused-ring (bicyclic) bond motifs is 1. The minimum atomic E-state index is 0.223. The van der Waals surface area contributed by atoms with E-state index in [4.69, 9.17) is 0 Å². The van der Waals surface area contributed by atoms with Crippen LogP contribution in [0.4, 0.5) is 0 Å². The average Bonchev–Trinajstić information content (AvgIpc) is 2.18. The Kier molecular flexibility index (Phi) is 2.93. The van der Waals surface area contributed by atoms with E-state index in [0.29, 0.717) is 0 Å². The van der Waals surface area contributed by atoms with Gasteiger partial charge in [0.2, 0.25) is 0 Å². The predicted octanol–water partition coefficient (Wildman–Crippen LogP) is 4.94. The van der Waals surface area contributed by atoms with E-state index in [1.54, 1.807) is 0 Å². The van der Waals surface area contributed by atoms with Gasteiger partial charge in [0.25, 0.3) is 0 Å². The lowest BCUT2D eigenvalue weighted by molar-refractivity contribution is 1.43. The summed E-state index contributed by atoms with van der Waals surface area (Å²) in [5.74, 6) is 0. The van der Waals surface area contributed by atoms with E-state index in [9.17, 15) is 0 Å². The standard InChI is InChI=1S/C12H10Br2/c1-8-6-7-11(12(13)14)10-5-3-2-4-9(8)10/h2-7,12H,1H3. The molecule has 0 aliphatic heterocycles. The number of rotatable bonds is 1. The summed E-state index contributed by atoms with van der Waals surface area (Å²) in [6.45, 7) is 2.14. The first kappa shape index (κ1) is 10.2. The highest BCUT2D eigenvalue weighted by molar-refractivity contribution is 9.24. The summed E-state index contributed by atoms with van der Waals surface area (Å²) in [5.41, 5.74) is 2.61. The van der Waals surface area contributed by atoms with Gasteiger partial charge in [-0.25, -0.2) is 0 Å². The maximum atomic E-state index is 3.54. The fourth-order valence-electron chi connectivity index (χ4n) is 1.66. The van der Waals surface area contributed by atoms with Crippen LogP contribution in [-0.2, 0) is 0 Å². The first-order valence-electron chi connectivity index (χ1n) is 4.46. The van der Waals surface area contributed by atoms with Gasteiger partial charge in [0, 0.05) is 0 Å². The molecule has 72 valence electrons. The molecule has 0 aromatic heterocycles. The van der Waals surface area contributed by atoms with Crippen LogP contribution in [0.5, 0.6) is 0 Å². The first-order chi connectivity index (χ1) is 6.70. The zero-order valence-electron chi connectivity index (χ0n) is 7.80. The van der Waals surface area contributed by atoms with Crippen LogP contribution in [0.1, 0.15) is 14.9 Å². The van der Waals surface area contributed by atoms with Crippen LogP contribution in [-0.4, -0.2) is 0 Å². The van der Waals surface area contributed by atoms with Crippen molar-refractivity contribution in [1.82, 2.24) is 0 Å². The van der Waals surface area contributed by atoms with Crippen molar-refractivity contribution in [2.24, 2.45) is 0 Å². The minimum absolute atomic E-state index is 0.223. The first-order valence-corrected chi connectivity index (χ1v) is 6.29. The molecule has 0 saturated carbocycles. The van der Waals surface area contributed by atoms with Crippen LogP contribution >= 0.6 is 31.9 Å². The van der Waals surface area contributed by atoms with Gasteiger partial charge in [0.15, 0.2) is 0 Å². The fraction of sp³-hybridized carbons (Fsp3) is 0.167. The third-order valence-electron chi connectivity index (χ3n) is 2.41. The van der Waals surface area contributed by atoms with Gasteiger partial charge in [-0.05, 0) is 28.8 Å². The van der Waals surface area contributed by atoms with Gasteiger partial charge in [-0.1, -0.05) is 68.3 Å². The molecular formula is C12H10Br2. The molecule has 2 aromatic rings. The van der Waals surface area contributed by atoms with Crippen molar-refractivity contribution in [1.29, 1.82) is 0 Å². The average molecular weight is 314 g/mol. The molecular weight excluding hydrogens is 304 g/mol. The summed E-state index contributed by atoms with van der Waals surface area (Å²) in [6.07, 6.45) is 0. The van der Waals surface area contributed by atoms with Crippen molar-refractivity contribution in [3.05, 3.63) is 47.5 Å². The Labute approximate surface area is 101 Å². The third kappa shape index (κ3) is 1.73. The maximum Gasteiger partial charge on any atom is 0.0952 e. The number of alkyl halides is 2. The van der Waals surface area contributed by atoms with E-state index in [-0.39, 0.29) is 3.74 Å². The van der Waals surface area contributed by atoms with E-state index >= 15 is 0 Å². The molecule has 0 N–H and O–H groups in total. The molecule has 0 unspecified atom stereocenters. The molecule has 0 spiro atoms. The molecule has 2 rings (SSSR count). The van der Waals surface area contributed by atoms with Crippen molar-refractivity contribution in [2.75, 3.05) is 0 Å². The molecule has 0 heterocycles. The SMILES string of the molecule is Cc1ccc(C(Br)Br)c2ccccc12. The molecule has 2 heteroatoms. The molecule has 0 bridgehead atoms. The summed E-state index contributed by atoms with van der Waals surface area (Å²) in [7, 11) is 0. The molecule has 0 aliphatic rings. The molecule has 0 aliphatic carbocycles. The van der Waals surface area contributed by atoms with Gasteiger partial charge >= 0.3 is 0 Å². The molecule has 0 amide bonds. The smallest absolute Gasteiger partial charge is 0.0712 e. The van der Waals surface area contributed by atoms with Gasteiger partial charge in [-0.3, -0.25) is 0 Å². The fourth-order valence-corrected chi connectivity index (χ4v) is 2.46. The van der Waals surface area contributed by atoms with E-state index in [0.717, 1.165) is 0 Å². The summed E-state index contributed by atoms with van der Waals surface area (Å²) >= 11 is 7.09. The Hall–Kier alpha value is -0.340. The van der Waals surface area contributed by atoms with E-state index in [1.807, 2.05) is 0 Å². The second-order valence-electron chi connectivity index (χ2n) is 3.32. The summed E-state index contributed by atoms with van der Waals surface area (Å²) < 4.78 is 0.223. The lowest BCUT2D eigenvalue weighted by Crippen LogP contribution is -1.86. The quantitative estimate of drug-likeness (QED) is 0.654. The van der Waals surface area contributed by atoms with Crippen molar-refractivity contribution in [2.45, 2.75) is 10.7 Å². The van der Waals surface area contributed by atoms with Crippen LogP contribution in [0.25, 0.3) is 10.8 Å². The Morgan fingerprint density at radius 2 is 1.57 bits per heavy atom. The molecule has 0 atom stereocenters. The van der Waals surface area contributed by atoms with Crippen molar-refractivity contribution in [3.8, 4) is 0 Å². The van der Waals surface area contributed by atoms with Gasteiger partial charge in [-0.15, -0.1) is 0 Å². The second-order valence-corrected chi connectivity index (χ2v) is 6.38. The van der Waals surface area contributed by atoms with Crippen LogP contribution < -0.4 is 0 Å². The highest BCUT2D eigenvalue weighted by atomic mass is 79.9. The molecule has 0 radical (unpaired) electrons. The Morgan fingerprint density at radius 1 is 0.929 bits per heavy atom. The normalized spacial score (nSPS) is 11.1. The highest BCUT2D eigenvalue weighted by Gasteiger charge is 2.07. The molecule has 2 aromatic carbocycles. The van der Waals surface area contributed by atoms with E-state index in [2.05, 4.69) is 75.2 Å². The highest BCUT2D eigenvalue weighted by Crippen LogP contribution is 2.35. The topological polar surface area (TPSA) is 0 Å². The van der Waals surface area contributed by atoms with E-state index in [1.165, 1.54) is 21.9 Å². The molecule has 0 nitrogen and oxygen atoms in total. The third-order valence-corrected chi connectivity index (χ3v) is 3.40. The van der Waals surface area contributed by atoms with Crippen LogP contribution in [0.15, 0.2) is 36.4 Å². The molecule has 14 heavy (non-hydrogen) atoms. The van der Waals surface area contributed by atoms with Crippen molar-refractivity contribution in [3.63, 3.8) is 0 Å². The van der Waals surface area contributed by atoms with E-state index < -0.39 is 0 Å². The predicted molar refractivity (Wildman–Crippen MR) is 69.3 cm³/mol. The van der Waals surface area contributed by atoms with Crippen LogP contribution in [0.2, 0.25) is 0 Å². The summed E-state index contributed by atoms with van der Waals surface area (Å²) in [6, 6.07) is 12.8. The number of hydrogen-bond acceptors (Lipinski definition) is 0. The van der Waals surface area contributed by atoms with Crippen molar-refractivity contribution >= 4 is 42.6 Å². The van der Waals surface area contributed by atoms with Crippen molar-refractivity contribution < 1.29 is 0 Å². The lowest BCUT2D eigenvalue weighted by Gasteiger charge is -2.09. The lowest BCUT2D eigenvalue weighted by atomic mass is 10.0. The molecule has 0 saturated heterocycles. The van der Waals surface area contributed by atoms with Gasteiger partial charge < -0.3 is 0 Å². The zero-order valence-corrected chi connectivity index (χ0v) is 11.0. The Morgan fingerprint density at radius 3 is 2.21 bits per heavy atom. The number of hydrogen-bond donors (Lipinski definition) is 0. The number of aryl methyl sites for hydroxylation is 1. The number of halogens is 2. The summed E-state index contributed by atoms with van der Waals surface area (Å²) in [4.78, 5) is 0. The summed E-state index contributed by atoms with van der Waals surface area (Å²) in [5, 5.41) is 2.64. The van der Waals surface area contributed by atoms with Crippen LogP contribution in [0, 0.1) is 6.92 Å². The monoisotopic (exact) mass is 312 g/mol.